The lowest BCUT2D eigenvalue weighted by atomic mass is 10.0. The Hall–Kier alpha value is -3.97. The van der Waals surface area contributed by atoms with Gasteiger partial charge in [0.15, 0.2) is 11.6 Å². The van der Waals surface area contributed by atoms with Gasteiger partial charge >= 0.3 is 0 Å². The van der Waals surface area contributed by atoms with Crippen molar-refractivity contribution in [2.45, 2.75) is 39.2 Å². The number of hydrogen-bond acceptors (Lipinski definition) is 7. The predicted molar refractivity (Wildman–Crippen MR) is 132 cm³/mol. The molecule has 184 valence electrons. The highest BCUT2D eigenvalue weighted by Gasteiger charge is 2.20. The number of fused-ring (bicyclic) bond motifs is 2. The summed E-state index contributed by atoms with van der Waals surface area (Å²) in [6.45, 7) is 6.34. The van der Waals surface area contributed by atoms with Crippen LogP contribution in [0.15, 0.2) is 30.5 Å². The molecule has 0 atom stereocenters. The molecule has 1 aliphatic heterocycles. The molecule has 1 aliphatic rings. The maximum absolute atomic E-state index is 14.9. The van der Waals surface area contributed by atoms with Crippen molar-refractivity contribution in [1.82, 2.24) is 29.6 Å². The molecule has 0 spiro atoms. The summed E-state index contributed by atoms with van der Waals surface area (Å²) in [6.07, 6.45) is 2.35. The molecule has 8 nitrogen and oxygen atoms in total. The topological polar surface area (TPSA) is 95.6 Å². The van der Waals surface area contributed by atoms with Crippen molar-refractivity contribution in [2.24, 2.45) is 7.05 Å². The van der Waals surface area contributed by atoms with Gasteiger partial charge in [-0.25, -0.2) is 23.7 Å². The molecule has 3 aromatic heterocycles. The van der Waals surface area contributed by atoms with Crippen LogP contribution in [-0.2, 0) is 20.0 Å². The van der Waals surface area contributed by atoms with Crippen LogP contribution >= 0.6 is 0 Å². The first-order valence-electron chi connectivity index (χ1n) is 11.9. The zero-order valence-electron chi connectivity index (χ0n) is 20.4. The van der Waals surface area contributed by atoms with Crippen molar-refractivity contribution in [3.05, 3.63) is 59.0 Å². The van der Waals surface area contributed by atoms with Crippen molar-refractivity contribution in [3.63, 3.8) is 0 Å². The molecule has 10 heteroatoms. The lowest BCUT2D eigenvalue weighted by Gasteiger charge is -2.27. The molecule has 0 radical (unpaired) electrons. The van der Waals surface area contributed by atoms with Gasteiger partial charge in [0.2, 0.25) is 5.95 Å². The third kappa shape index (κ3) is 4.50. The molecule has 4 heterocycles. The van der Waals surface area contributed by atoms with E-state index >= 15 is 0 Å². The zero-order valence-corrected chi connectivity index (χ0v) is 20.4. The summed E-state index contributed by atoms with van der Waals surface area (Å²) in [5.41, 5.74) is 3.52. The number of anilines is 2. The molecule has 0 fully saturated rings. The van der Waals surface area contributed by atoms with Crippen LogP contribution in [0.4, 0.5) is 20.5 Å². The van der Waals surface area contributed by atoms with Crippen LogP contribution in [0.2, 0.25) is 0 Å². The molecule has 0 bridgehead atoms. The monoisotopic (exact) mass is 488 g/mol. The molecule has 5 rings (SSSR count). The number of hydrogen-bond donors (Lipinski definition) is 1. The number of rotatable bonds is 6. The summed E-state index contributed by atoms with van der Waals surface area (Å²) >= 11 is 0. The number of pyridine rings is 1. The van der Waals surface area contributed by atoms with Crippen LogP contribution in [0, 0.1) is 23.0 Å². The molecular formula is C26H26F2N8. The predicted octanol–water partition coefficient (Wildman–Crippen LogP) is 4.84. The Labute approximate surface area is 207 Å². The zero-order chi connectivity index (χ0) is 25.4. The van der Waals surface area contributed by atoms with Gasteiger partial charge in [-0.15, -0.1) is 0 Å². The van der Waals surface area contributed by atoms with Gasteiger partial charge in [-0.05, 0) is 29.7 Å². The third-order valence-corrected chi connectivity index (χ3v) is 6.41. The average Bonchev–Trinajstić information content (AvgIpc) is 3.20. The minimum absolute atomic E-state index is 0.00189. The van der Waals surface area contributed by atoms with Gasteiger partial charge in [-0.1, -0.05) is 19.9 Å². The number of nitrogens with one attached hydrogen (secondary N) is 1. The minimum Gasteiger partial charge on any atom is -0.309 e. The molecule has 0 saturated carbocycles. The molecular weight excluding hydrogens is 462 g/mol. The standard InChI is InChI=1S/C26H26F2N8/c1-15(2)25-18-11-17(12-19(27)24(18)34-35(25)3)23-20(28)13-30-26(33-23)32-22-6-5-16-14-36(9-4-8-29)10-7-21(16)31-22/h5-6,11-13,15H,4,7,9-10,14H2,1-3H3,(H,30,31,32,33). The maximum Gasteiger partial charge on any atom is 0.229 e. The van der Waals surface area contributed by atoms with Crippen LogP contribution in [0.3, 0.4) is 0 Å². The summed E-state index contributed by atoms with van der Waals surface area (Å²) in [7, 11) is 1.77. The quantitative estimate of drug-likeness (QED) is 0.415. The van der Waals surface area contributed by atoms with Crippen molar-refractivity contribution >= 4 is 22.7 Å². The maximum atomic E-state index is 14.9. The normalized spacial score (nSPS) is 13.7. The van der Waals surface area contributed by atoms with Crippen LogP contribution in [0.5, 0.6) is 0 Å². The van der Waals surface area contributed by atoms with E-state index in [2.05, 4.69) is 36.3 Å². The lowest BCUT2D eigenvalue weighted by Crippen LogP contribution is -2.31. The number of aromatic nitrogens is 5. The van der Waals surface area contributed by atoms with Gasteiger partial charge in [-0.3, -0.25) is 9.58 Å². The lowest BCUT2D eigenvalue weighted by molar-refractivity contribution is 0.258. The smallest absolute Gasteiger partial charge is 0.229 e. The third-order valence-electron chi connectivity index (χ3n) is 6.41. The van der Waals surface area contributed by atoms with E-state index in [1.54, 1.807) is 17.8 Å². The van der Waals surface area contributed by atoms with Gasteiger partial charge in [0.1, 0.15) is 17.0 Å². The van der Waals surface area contributed by atoms with E-state index in [0.717, 1.165) is 49.2 Å². The van der Waals surface area contributed by atoms with E-state index in [4.69, 9.17) is 5.26 Å². The molecule has 1 aromatic carbocycles. The first-order valence-corrected chi connectivity index (χ1v) is 11.9. The number of benzene rings is 1. The first kappa shape index (κ1) is 23.8. The van der Waals surface area contributed by atoms with Crippen molar-refractivity contribution < 1.29 is 8.78 Å². The van der Waals surface area contributed by atoms with Gasteiger partial charge in [-0.2, -0.15) is 10.4 Å². The molecule has 0 amide bonds. The highest BCUT2D eigenvalue weighted by atomic mass is 19.1. The fraction of sp³-hybridized carbons (Fsp3) is 0.346. The molecule has 0 saturated heterocycles. The van der Waals surface area contributed by atoms with Crippen LogP contribution in [0.1, 0.15) is 43.1 Å². The van der Waals surface area contributed by atoms with Gasteiger partial charge in [0.05, 0.1) is 12.3 Å². The first-order chi connectivity index (χ1) is 17.3. The van der Waals surface area contributed by atoms with E-state index in [1.807, 2.05) is 26.0 Å². The highest BCUT2D eigenvalue weighted by molar-refractivity contribution is 5.87. The fourth-order valence-corrected chi connectivity index (χ4v) is 4.78. The summed E-state index contributed by atoms with van der Waals surface area (Å²) in [6, 6.07) is 8.99. The van der Waals surface area contributed by atoms with Gasteiger partial charge in [0, 0.05) is 61.9 Å². The average molecular weight is 489 g/mol. The Morgan fingerprint density at radius 1 is 1.17 bits per heavy atom. The Morgan fingerprint density at radius 2 is 2.00 bits per heavy atom. The molecule has 0 unspecified atom stereocenters. The second-order valence-corrected chi connectivity index (χ2v) is 9.27. The summed E-state index contributed by atoms with van der Waals surface area (Å²) in [5.74, 6) is -0.354. The van der Waals surface area contributed by atoms with Crippen LogP contribution < -0.4 is 5.32 Å². The number of nitrogens with zero attached hydrogens (tertiary/aromatic N) is 7. The Balaban J connectivity index is 1.44. The van der Waals surface area contributed by atoms with E-state index in [-0.39, 0.29) is 23.1 Å². The molecule has 36 heavy (non-hydrogen) atoms. The largest absolute Gasteiger partial charge is 0.309 e. The molecule has 0 aliphatic carbocycles. The number of halogens is 2. The summed E-state index contributed by atoms with van der Waals surface area (Å²) < 4.78 is 31.4. The summed E-state index contributed by atoms with van der Waals surface area (Å²) in [5, 5.41) is 16.8. The van der Waals surface area contributed by atoms with Crippen molar-refractivity contribution in [2.75, 3.05) is 18.4 Å². The fourth-order valence-electron chi connectivity index (χ4n) is 4.78. The SMILES string of the molecule is CC(C)c1c2cc(-c3nc(Nc4ccc5c(n4)CCN(CCC#N)C5)ncc3F)cc(F)c2nn1C. The van der Waals surface area contributed by atoms with Crippen LogP contribution in [-0.4, -0.2) is 42.7 Å². The number of aryl methyl sites for hydroxylation is 1. The minimum atomic E-state index is -0.648. The van der Waals surface area contributed by atoms with E-state index in [1.165, 1.54) is 6.07 Å². The Kier molecular flexibility index (Phi) is 6.33. The van der Waals surface area contributed by atoms with Crippen LogP contribution in [0.25, 0.3) is 22.2 Å². The van der Waals surface area contributed by atoms with E-state index < -0.39 is 11.6 Å². The van der Waals surface area contributed by atoms with Gasteiger partial charge in [0.25, 0.3) is 0 Å². The number of nitriles is 1. The summed E-state index contributed by atoms with van der Waals surface area (Å²) in [4.78, 5) is 15.3. The Bertz CT molecular complexity index is 1490. The van der Waals surface area contributed by atoms with Crippen molar-refractivity contribution in [1.29, 1.82) is 5.26 Å². The van der Waals surface area contributed by atoms with Gasteiger partial charge < -0.3 is 5.32 Å². The van der Waals surface area contributed by atoms with E-state index in [0.29, 0.717) is 23.2 Å². The second kappa shape index (κ2) is 9.59. The Morgan fingerprint density at radius 3 is 2.78 bits per heavy atom. The molecule has 4 aromatic rings. The van der Waals surface area contributed by atoms with Crippen molar-refractivity contribution in [3.8, 4) is 17.3 Å². The highest BCUT2D eigenvalue weighted by Crippen LogP contribution is 2.32. The second-order valence-electron chi connectivity index (χ2n) is 9.27. The van der Waals surface area contributed by atoms with E-state index in [9.17, 15) is 8.78 Å². The molecule has 1 N–H and O–H groups in total.